The van der Waals surface area contributed by atoms with Crippen LogP contribution in [0.4, 0.5) is 19.4 Å². The first kappa shape index (κ1) is 28.5. The summed E-state index contributed by atoms with van der Waals surface area (Å²) in [7, 11) is 1.56. The van der Waals surface area contributed by atoms with Crippen molar-refractivity contribution in [3.63, 3.8) is 0 Å². The van der Waals surface area contributed by atoms with E-state index in [4.69, 9.17) is 24.1 Å². The Hall–Kier alpha value is -4.66. The number of aromatic nitrogens is 4. The summed E-state index contributed by atoms with van der Waals surface area (Å²) in [5, 5.41) is 12.3. The first-order valence-corrected chi connectivity index (χ1v) is 13.6. The fourth-order valence-corrected chi connectivity index (χ4v) is 4.98. The van der Waals surface area contributed by atoms with Gasteiger partial charge in [-0.3, -0.25) is 10.2 Å². The number of para-hydroxylation sites is 1. The van der Waals surface area contributed by atoms with Gasteiger partial charge in [-0.15, -0.1) is 0 Å². The highest BCUT2D eigenvalue weighted by Crippen LogP contribution is 2.36. The minimum Gasteiger partial charge on any atom is -0.484 e. The smallest absolute Gasteiger partial charge is 0.320 e. The molecule has 0 saturated carbocycles. The van der Waals surface area contributed by atoms with Gasteiger partial charge in [0.1, 0.15) is 25.1 Å². The number of hydrogen-bond donors (Lipinski definition) is 2. The van der Waals surface area contributed by atoms with Crippen LogP contribution < -0.4 is 20.1 Å². The fourth-order valence-electron chi connectivity index (χ4n) is 4.98. The second-order valence-corrected chi connectivity index (χ2v) is 9.95. The Morgan fingerprint density at radius 1 is 1.12 bits per heavy atom. The number of pyridine rings is 2. The number of urea groups is 1. The maximum absolute atomic E-state index is 14.0. The molecule has 2 aliphatic heterocycles. The molecule has 14 heteroatoms. The summed E-state index contributed by atoms with van der Waals surface area (Å²) < 4.78 is 45.6. The monoisotopic (exact) mass is 593 g/mol. The number of hydrogen-bond acceptors (Lipinski definition) is 9. The number of fused-ring (bicyclic) bond motifs is 1. The molecule has 0 bridgehead atoms. The molecule has 2 N–H and O–H groups in total. The van der Waals surface area contributed by atoms with Crippen LogP contribution in [-0.4, -0.2) is 76.9 Å². The summed E-state index contributed by atoms with van der Waals surface area (Å²) in [6.45, 7) is 3.72. The number of nitrogens with zero attached hydrogens (tertiary/aromatic N) is 5. The lowest BCUT2D eigenvalue weighted by molar-refractivity contribution is -0.154. The normalized spacial score (nSPS) is 18.0. The summed E-state index contributed by atoms with van der Waals surface area (Å²) in [5.74, 6) is -0.967. The van der Waals surface area contributed by atoms with E-state index in [1.54, 1.807) is 29.1 Å². The molecule has 4 aromatic rings. The third kappa shape index (κ3) is 5.98. The van der Waals surface area contributed by atoms with Gasteiger partial charge in [0.15, 0.2) is 11.6 Å². The zero-order valence-electron chi connectivity index (χ0n) is 23.4. The maximum atomic E-state index is 14.0. The number of carbonyl (C=O) groups is 1. The van der Waals surface area contributed by atoms with Crippen molar-refractivity contribution in [1.82, 2.24) is 30.1 Å². The van der Waals surface area contributed by atoms with Crippen LogP contribution >= 0.6 is 0 Å². The van der Waals surface area contributed by atoms with Gasteiger partial charge in [0.25, 0.3) is 5.88 Å². The molecular weight excluding hydrogens is 564 g/mol. The molecule has 0 spiro atoms. The van der Waals surface area contributed by atoms with E-state index in [0.717, 1.165) is 11.8 Å². The molecule has 0 radical (unpaired) electrons. The predicted molar refractivity (Wildman–Crippen MR) is 150 cm³/mol. The molecule has 3 aromatic heterocycles. The molecule has 5 heterocycles. The minimum atomic E-state index is -1.21. The van der Waals surface area contributed by atoms with Crippen LogP contribution in [0.25, 0.3) is 16.9 Å². The van der Waals surface area contributed by atoms with E-state index in [9.17, 15) is 13.6 Å². The molecule has 2 amide bonds. The van der Waals surface area contributed by atoms with Gasteiger partial charge < -0.3 is 19.5 Å². The van der Waals surface area contributed by atoms with E-state index in [1.807, 2.05) is 37.3 Å². The van der Waals surface area contributed by atoms with Crippen LogP contribution in [0.3, 0.4) is 0 Å². The molecule has 224 valence electrons. The zero-order valence-corrected chi connectivity index (χ0v) is 23.4. The Morgan fingerprint density at radius 3 is 2.72 bits per heavy atom. The number of halogens is 2. The lowest BCUT2D eigenvalue weighted by Gasteiger charge is -2.19. The van der Waals surface area contributed by atoms with Crippen LogP contribution in [0.5, 0.6) is 11.6 Å². The summed E-state index contributed by atoms with van der Waals surface area (Å²) in [5.41, 5.74) is 2.96. The summed E-state index contributed by atoms with van der Waals surface area (Å²) in [6, 6.07) is 11.0. The molecule has 6 rings (SSSR count). The molecule has 0 aliphatic carbocycles. The zero-order chi connectivity index (χ0) is 29.9. The standard InChI is InChI=1S/C29H29F2N7O5/c1-17-24(18-13-23-28(33-14-18)42-11-10-41-23)36-38(20-6-4-3-5-7-20)27(17)35-29(39)34-22-16-37(8-9-40-2)43-25(22)19-12-21(30)26(31)32-15-19/h3-7,12-15,22,25H,8-11,16H2,1-2H3,(H2,34,35,39)/t22-,25+/m1/s1. The second kappa shape index (κ2) is 12.3. The van der Waals surface area contributed by atoms with E-state index < -0.39 is 29.9 Å². The Labute approximate surface area is 245 Å². The molecule has 1 aromatic carbocycles. The highest BCUT2D eigenvalue weighted by Gasteiger charge is 2.37. The Kier molecular flexibility index (Phi) is 8.13. The van der Waals surface area contributed by atoms with Gasteiger partial charge in [-0.05, 0) is 31.2 Å². The number of methoxy groups -OCH3 is 1. The van der Waals surface area contributed by atoms with Crippen LogP contribution in [-0.2, 0) is 9.57 Å². The van der Waals surface area contributed by atoms with Crippen LogP contribution in [0.1, 0.15) is 17.2 Å². The van der Waals surface area contributed by atoms with E-state index >= 15 is 0 Å². The molecular formula is C29H29F2N7O5. The summed E-state index contributed by atoms with van der Waals surface area (Å²) in [6.07, 6.45) is 2.02. The van der Waals surface area contributed by atoms with E-state index in [-0.39, 0.29) is 12.1 Å². The number of ether oxygens (including phenoxy) is 3. The number of anilines is 1. The van der Waals surface area contributed by atoms with Crippen LogP contribution in [0.15, 0.2) is 54.9 Å². The van der Waals surface area contributed by atoms with E-state index in [2.05, 4.69) is 20.6 Å². The maximum Gasteiger partial charge on any atom is 0.320 e. The van der Waals surface area contributed by atoms with Crippen molar-refractivity contribution in [3.05, 3.63) is 77.8 Å². The van der Waals surface area contributed by atoms with Crippen molar-refractivity contribution in [2.24, 2.45) is 0 Å². The van der Waals surface area contributed by atoms with E-state index in [0.29, 0.717) is 60.6 Å². The number of amides is 2. The third-order valence-corrected chi connectivity index (χ3v) is 7.06. The van der Waals surface area contributed by atoms with Gasteiger partial charge in [-0.2, -0.15) is 14.6 Å². The highest BCUT2D eigenvalue weighted by atomic mass is 19.2. The summed E-state index contributed by atoms with van der Waals surface area (Å²) in [4.78, 5) is 27.3. The van der Waals surface area contributed by atoms with Gasteiger partial charge in [0.05, 0.1) is 24.0 Å². The van der Waals surface area contributed by atoms with Crippen molar-refractivity contribution in [2.75, 3.05) is 45.3 Å². The average molecular weight is 594 g/mol. The molecule has 1 fully saturated rings. The number of hydroxylamine groups is 2. The molecule has 12 nitrogen and oxygen atoms in total. The first-order valence-electron chi connectivity index (χ1n) is 13.6. The Morgan fingerprint density at radius 2 is 1.93 bits per heavy atom. The molecule has 2 atom stereocenters. The predicted octanol–water partition coefficient (Wildman–Crippen LogP) is 3.81. The van der Waals surface area contributed by atoms with Crippen LogP contribution in [0.2, 0.25) is 0 Å². The van der Waals surface area contributed by atoms with Crippen molar-refractivity contribution in [3.8, 4) is 28.6 Å². The Balaban J connectivity index is 1.29. The van der Waals surface area contributed by atoms with E-state index in [1.165, 1.54) is 6.20 Å². The topological polar surface area (TPSA) is 125 Å². The second-order valence-electron chi connectivity index (χ2n) is 9.95. The third-order valence-electron chi connectivity index (χ3n) is 7.06. The van der Waals surface area contributed by atoms with Crippen molar-refractivity contribution in [1.29, 1.82) is 0 Å². The highest BCUT2D eigenvalue weighted by molar-refractivity contribution is 5.91. The van der Waals surface area contributed by atoms with Gasteiger partial charge in [0, 0.05) is 49.3 Å². The molecule has 2 aliphatic rings. The molecule has 43 heavy (non-hydrogen) atoms. The summed E-state index contributed by atoms with van der Waals surface area (Å²) >= 11 is 0. The SMILES string of the molecule is COCCN1C[C@@H](NC(=O)Nc2c(C)c(-c3cnc4c(c3)OCCO4)nn2-c2ccccc2)[C@H](c2cnc(F)c(F)c2)O1. The lowest BCUT2D eigenvalue weighted by atomic mass is 10.0. The molecule has 1 saturated heterocycles. The van der Waals surface area contributed by atoms with Gasteiger partial charge in [-0.1, -0.05) is 18.2 Å². The van der Waals surface area contributed by atoms with Crippen molar-refractivity contribution in [2.45, 2.75) is 19.1 Å². The van der Waals surface area contributed by atoms with Gasteiger partial charge >= 0.3 is 6.03 Å². The number of nitrogens with one attached hydrogen (secondary N) is 2. The first-order chi connectivity index (χ1) is 20.9. The molecule has 0 unspecified atom stereocenters. The largest absolute Gasteiger partial charge is 0.484 e. The quantitative estimate of drug-likeness (QED) is 0.294. The number of rotatable bonds is 8. The van der Waals surface area contributed by atoms with Crippen LogP contribution in [0, 0.1) is 18.7 Å². The Bertz CT molecular complexity index is 1620. The number of benzene rings is 1. The van der Waals surface area contributed by atoms with Gasteiger partial charge in [-0.25, -0.2) is 23.8 Å². The van der Waals surface area contributed by atoms with Crippen molar-refractivity contribution < 1.29 is 32.6 Å². The average Bonchev–Trinajstić information content (AvgIpc) is 3.57. The van der Waals surface area contributed by atoms with Crippen molar-refractivity contribution >= 4 is 11.8 Å². The number of carbonyl (C=O) groups excluding carboxylic acids is 1. The lowest BCUT2D eigenvalue weighted by Crippen LogP contribution is -2.42. The minimum absolute atomic E-state index is 0.269. The van der Waals surface area contributed by atoms with Gasteiger partial charge in [0.2, 0.25) is 5.95 Å². The fraction of sp³-hybridized carbons (Fsp3) is 0.310.